The van der Waals surface area contributed by atoms with Crippen LogP contribution in [0.3, 0.4) is 0 Å². The van der Waals surface area contributed by atoms with Crippen molar-refractivity contribution in [1.82, 2.24) is 9.62 Å². The van der Waals surface area contributed by atoms with Crippen molar-refractivity contribution in [2.24, 2.45) is 0 Å². The number of methoxy groups -OCH3 is 1. The van der Waals surface area contributed by atoms with Crippen LogP contribution in [-0.4, -0.2) is 56.5 Å². The van der Waals surface area contributed by atoms with Crippen LogP contribution >= 0.6 is 0 Å². The van der Waals surface area contributed by atoms with Crippen LogP contribution in [-0.2, 0) is 14.8 Å². The van der Waals surface area contributed by atoms with Crippen LogP contribution in [0.4, 0.5) is 0 Å². The van der Waals surface area contributed by atoms with Gasteiger partial charge in [0.2, 0.25) is 10.0 Å². The molecule has 8 nitrogen and oxygen atoms in total. The van der Waals surface area contributed by atoms with Crippen molar-refractivity contribution in [3.63, 3.8) is 0 Å². The first-order chi connectivity index (χ1) is 12.3. The smallest absolute Gasteiger partial charge is 0.318 e. The van der Waals surface area contributed by atoms with E-state index in [1.54, 1.807) is 0 Å². The average Bonchev–Trinajstić information content (AvgIpc) is 2.61. The van der Waals surface area contributed by atoms with E-state index in [-0.39, 0.29) is 22.3 Å². The molecular weight excluding hydrogens is 360 g/mol. The number of carboxylic acids is 1. The molecule has 0 radical (unpaired) electrons. The van der Waals surface area contributed by atoms with E-state index in [4.69, 9.17) is 9.84 Å². The van der Waals surface area contributed by atoms with Crippen LogP contribution in [0.5, 0.6) is 5.75 Å². The number of benzene rings is 1. The third-order valence-electron chi connectivity index (χ3n) is 4.42. The highest BCUT2D eigenvalue weighted by atomic mass is 32.2. The van der Waals surface area contributed by atoms with Gasteiger partial charge in [0.25, 0.3) is 5.91 Å². The summed E-state index contributed by atoms with van der Waals surface area (Å²) in [7, 11) is -1.45. The van der Waals surface area contributed by atoms with Crippen molar-refractivity contribution < 1.29 is 27.9 Å². The number of carboxylic acid groups (broad SMARTS) is 1. The van der Waals surface area contributed by atoms with Crippen LogP contribution in [0.2, 0.25) is 0 Å². The number of likely N-dealkylation sites (N-methyl/N-ethyl adjacent to an activating group) is 1. The fourth-order valence-corrected chi connectivity index (χ4v) is 4.14. The number of rotatable bonds is 7. The second kappa shape index (κ2) is 8.50. The van der Waals surface area contributed by atoms with Crippen LogP contribution in [0.1, 0.15) is 42.5 Å². The molecule has 0 heterocycles. The third-order valence-corrected chi connectivity index (χ3v) is 6.22. The zero-order valence-electron chi connectivity index (χ0n) is 14.9. The fourth-order valence-electron chi connectivity index (χ4n) is 2.99. The summed E-state index contributed by atoms with van der Waals surface area (Å²) in [6.07, 6.45) is 5.05. The van der Waals surface area contributed by atoms with Crippen molar-refractivity contribution >= 4 is 21.9 Å². The van der Waals surface area contributed by atoms with Crippen molar-refractivity contribution in [3.05, 3.63) is 23.8 Å². The number of amides is 1. The highest BCUT2D eigenvalue weighted by Gasteiger charge is 2.26. The van der Waals surface area contributed by atoms with E-state index in [9.17, 15) is 18.0 Å². The van der Waals surface area contributed by atoms with Crippen LogP contribution in [0, 0.1) is 0 Å². The lowest BCUT2D eigenvalue weighted by molar-refractivity contribution is -0.137. The fraction of sp³-hybridized carbons (Fsp3) is 0.529. The molecule has 144 valence electrons. The predicted octanol–water partition coefficient (Wildman–Crippen LogP) is 1.46. The average molecular weight is 384 g/mol. The number of aliphatic carboxylic acids is 1. The van der Waals surface area contributed by atoms with Gasteiger partial charge < -0.3 is 15.2 Å². The van der Waals surface area contributed by atoms with Gasteiger partial charge in [0, 0.05) is 13.1 Å². The second-order valence-electron chi connectivity index (χ2n) is 6.33. The van der Waals surface area contributed by atoms with E-state index in [0.29, 0.717) is 0 Å². The predicted molar refractivity (Wildman–Crippen MR) is 94.8 cm³/mol. The standard InChI is InChI=1S/C17H24N2O6S/c1-19(11-16(20)21)26(23,24)13-8-9-15(25-2)14(10-13)17(22)18-12-6-4-3-5-7-12/h8-10,12H,3-7,11H2,1-2H3,(H,18,22)(H,20,21). The number of carbonyl (C=O) groups excluding carboxylic acids is 1. The van der Waals surface area contributed by atoms with Gasteiger partial charge in [-0.05, 0) is 31.0 Å². The van der Waals surface area contributed by atoms with E-state index >= 15 is 0 Å². The summed E-state index contributed by atoms with van der Waals surface area (Å²) < 4.78 is 31.0. The monoisotopic (exact) mass is 384 g/mol. The Bertz CT molecular complexity index is 771. The minimum atomic E-state index is -4.03. The van der Waals surface area contributed by atoms with Gasteiger partial charge in [-0.1, -0.05) is 19.3 Å². The Morgan fingerprint density at radius 2 is 1.92 bits per heavy atom. The van der Waals surface area contributed by atoms with Gasteiger partial charge in [-0.2, -0.15) is 4.31 Å². The lowest BCUT2D eigenvalue weighted by Gasteiger charge is -2.23. The molecule has 1 saturated carbocycles. The second-order valence-corrected chi connectivity index (χ2v) is 8.37. The molecule has 1 aliphatic carbocycles. The number of hydrogen-bond donors (Lipinski definition) is 2. The summed E-state index contributed by atoms with van der Waals surface area (Å²) in [6.45, 7) is -0.669. The highest BCUT2D eigenvalue weighted by Crippen LogP contribution is 2.25. The number of ether oxygens (including phenoxy) is 1. The number of nitrogens with one attached hydrogen (secondary N) is 1. The van der Waals surface area contributed by atoms with Gasteiger partial charge in [-0.15, -0.1) is 0 Å². The molecule has 2 N–H and O–H groups in total. The summed E-state index contributed by atoms with van der Waals surface area (Å²) in [6, 6.07) is 3.99. The number of hydrogen-bond acceptors (Lipinski definition) is 5. The minimum Gasteiger partial charge on any atom is -0.496 e. The molecule has 1 aromatic carbocycles. The van der Waals surface area contributed by atoms with Gasteiger partial charge in [0.05, 0.1) is 17.6 Å². The Hall–Kier alpha value is -2.13. The summed E-state index contributed by atoms with van der Waals surface area (Å²) >= 11 is 0. The SMILES string of the molecule is COc1ccc(S(=O)(=O)N(C)CC(=O)O)cc1C(=O)NC1CCCCC1. The summed E-state index contributed by atoms with van der Waals surface area (Å²) in [4.78, 5) is 23.3. The topological polar surface area (TPSA) is 113 Å². The molecule has 0 aromatic heterocycles. The minimum absolute atomic E-state index is 0.0657. The first kappa shape index (κ1) is 20.2. The lowest BCUT2D eigenvalue weighted by Crippen LogP contribution is -2.36. The number of nitrogens with zero attached hydrogens (tertiary/aromatic N) is 1. The molecule has 2 rings (SSSR count). The molecule has 0 aliphatic heterocycles. The number of carbonyl (C=O) groups is 2. The zero-order chi connectivity index (χ0) is 19.3. The largest absolute Gasteiger partial charge is 0.496 e. The van der Waals surface area contributed by atoms with Crippen molar-refractivity contribution in [3.8, 4) is 5.75 Å². The highest BCUT2D eigenvalue weighted by molar-refractivity contribution is 7.89. The summed E-state index contributed by atoms with van der Waals surface area (Å²) in [5.41, 5.74) is 0.114. The van der Waals surface area contributed by atoms with E-state index < -0.39 is 28.4 Å². The summed E-state index contributed by atoms with van der Waals surface area (Å²) in [5, 5.41) is 11.7. The van der Waals surface area contributed by atoms with Crippen molar-refractivity contribution in [1.29, 1.82) is 0 Å². The molecular formula is C17H24N2O6S. The molecule has 1 aromatic rings. The van der Waals surface area contributed by atoms with Gasteiger partial charge in [-0.25, -0.2) is 8.42 Å². The maximum Gasteiger partial charge on any atom is 0.318 e. The maximum absolute atomic E-state index is 12.6. The van der Waals surface area contributed by atoms with Crippen LogP contribution in [0.25, 0.3) is 0 Å². The Balaban J connectivity index is 2.29. The molecule has 1 fully saturated rings. The van der Waals surface area contributed by atoms with E-state index in [1.165, 1.54) is 32.4 Å². The van der Waals surface area contributed by atoms with Gasteiger partial charge in [0.15, 0.2) is 0 Å². The lowest BCUT2D eigenvalue weighted by atomic mass is 9.95. The van der Waals surface area contributed by atoms with E-state index in [1.807, 2.05) is 0 Å². The molecule has 9 heteroatoms. The first-order valence-electron chi connectivity index (χ1n) is 8.42. The Labute approximate surface area is 153 Å². The van der Waals surface area contributed by atoms with Crippen LogP contribution < -0.4 is 10.1 Å². The molecule has 0 spiro atoms. The molecule has 1 aliphatic rings. The van der Waals surface area contributed by atoms with Gasteiger partial charge in [0.1, 0.15) is 12.3 Å². The Kier molecular flexibility index (Phi) is 6.60. The molecule has 0 atom stereocenters. The molecule has 0 saturated heterocycles. The quantitative estimate of drug-likeness (QED) is 0.736. The number of sulfonamides is 1. The summed E-state index contributed by atoms with van der Waals surface area (Å²) in [5.74, 6) is -1.40. The van der Waals surface area contributed by atoms with Crippen molar-refractivity contribution in [2.75, 3.05) is 20.7 Å². The normalized spacial score (nSPS) is 15.7. The molecule has 26 heavy (non-hydrogen) atoms. The maximum atomic E-state index is 12.6. The molecule has 0 bridgehead atoms. The van der Waals surface area contributed by atoms with Crippen LogP contribution in [0.15, 0.2) is 23.1 Å². The van der Waals surface area contributed by atoms with E-state index in [0.717, 1.165) is 36.4 Å². The van der Waals surface area contributed by atoms with E-state index in [2.05, 4.69) is 5.32 Å². The third kappa shape index (κ3) is 4.73. The van der Waals surface area contributed by atoms with Gasteiger partial charge >= 0.3 is 5.97 Å². The Morgan fingerprint density at radius 1 is 1.27 bits per heavy atom. The Morgan fingerprint density at radius 3 is 2.50 bits per heavy atom. The molecule has 1 amide bonds. The first-order valence-corrected chi connectivity index (χ1v) is 9.86. The van der Waals surface area contributed by atoms with Gasteiger partial charge in [-0.3, -0.25) is 9.59 Å². The molecule has 0 unspecified atom stereocenters. The van der Waals surface area contributed by atoms with Crippen molar-refractivity contribution in [2.45, 2.75) is 43.0 Å². The zero-order valence-corrected chi connectivity index (χ0v) is 15.7.